The van der Waals surface area contributed by atoms with E-state index in [1.165, 1.54) is 44.9 Å². The highest BCUT2D eigenvalue weighted by Crippen LogP contribution is 2.41. The SMILES string of the molecule is CCCCC1CC2CCC(C1)N2C[C@@H](C)CN1C(=O)COc2ccc(OC)cc21. The molecule has 1 aromatic rings. The van der Waals surface area contributed by atoms with Gasteiger partial charge in [-0.3, -0.25) is 9.69 Å². The Labute approximate surface area is 175 Å². The van der Waals surface area contributed by atoms with Gasteiger partial charge in [0.2, 0.25) is 0 Å². The van der Waals surface area contributed by atoms with Gasteiger partial charge >= 0.3 is 0 Å². The lowest BCUT2D eigenvalue weighted by Crippen LogP contribution is -2.48. The van der Waals surface area contributed by atoms with Crippen molar-refractivity contribution in [1.82, 2.24) is 4.90 Å². The molecule has 0 radical (unpaired) electrons. The van der Waals surface area contributed by atoms with Crippen molar-refractivity contribution < 1.29 is 14.3 Å². The van der Waals surface area contributed by atoms with Crippen molar-refractivity contribution in [3.8, 4) is 11.5 Å². The lowest BCUT2D eigenvalue weighted by Gasteiger charge is -2.41. The van der Waals surface area contributed by atoms with Crippen molar-refractivity contribution in [2.24, 2.45) is 11.8 Å². The predicted molar refractivity (Wildman–Crippen MR) is 116 cm³/mol. The Balaban J connectivity index is 1.39. The summed E-state index contributed by atoms with van der Waals surface area (Å²) in [6, 6.07) is 7.22. The molecule has 160 valence electrons. The first kappa shape index (κ1) is 20.5. The highest BCUT2D eigenvalue weighted by molar-refractivity contribution is 5.98. The number of hydrogen-bond donors (Lipinski definition) is 0. The molecule has 5 heteroatoms. The quantitative estimate of drug-likeness (QED) is 0.645. The lowest BCUT2D eigenvalue weighted by atomic mass is 9.86. The van der Waals surface area contributed by atoms with Crippen molar-refractivity contribution in [2.75, 3.05) is 31.7 Å². The summed E-state index contributed by atoms with van der Waals surface area (Å²) in [5, 5.41) is 0. The lowest BCUT2D eigenvalue weighted by molar-refractivity contribution is -0.121. The van der Waals surface area contributed by atoms with Gasteiger partial charge in [-0.05, 0) is 49.7 Å². The van der Waals surface area contributed by atoms with Crippen LogP contribution in [0.25, 0.3) is 0 Å². The van der Waals surface area contributed by atoms with Crippen LogP contribution in [-0.2, 0) is 4.79 Å². The molecule has 2 bridgehead atoms. The highest BCUT2D eigenvalue weighted by atomic mass is 16.5. The van der Waals surface area contributed by atoms with Crippen LogP contribution in [0.3, 0.4) is 0 Å². The van der Waals surface area contributed by atoms with Crippen molar-refractivity contribution >= 4 is 11.6 Å². The topological polar surface area (TPSA) is 42.0 Å². The second-order valence-corrected chi connectivity index (χ2v) is 9.29. The summed E-state index contributed by atoms with van der Waals surface area (Å²) >= 11 is 0. The van der Waals surface area contributed by atoms with Gasteiger partial charge in [-0.15, -0.1) is 0 Å². The van der Waals surface area contributed by atoms with Gasteiger partial charge in [0.05, 0.1) is 12.8 Å². The minimum absolute atomic E-state index is 0.0406. The van der Waals surface area contributed by atoms with Crippen molar-refractivity contribution in [3.63, 3.8) is 0 Å². The molecule has 0 saturated carbocycles. The molecule has 2 unspecified atom stereocenters. The molecule has 0 aliphatic carbocycles. The second-order valence-electron chi connectivity index (χ2n) is 9.29. The molecule has 0 spiro atoms. The van der Waals surface area contributed by atoms with E-state index in [9.17, 15) is 4.79 Å². The Morgan fingerprint density at radius 3 is 2.66 bits per heavy atom. The molecule has 3 heterocycles. The zero-order valence-corrected chi connectivity index (χ0v) is 18.2. The first-order valence-corrected chi connectivity index (χ1v) is 11.5. The number of nitrogens with zero attached hydrogens (tertiary/aromatic N) is 2. The van der Waals surface area contributed by atoms with Gasteiger partial charge in [0.15, 0.2) is 6.61 Å². The van der Waals surface area contributed by atoms with E-state index in [2.05, 4.69) is 18.7 Å². The van der Waals surface area contributed by atoms with Gasteiger partial charge in [0, 0.05) is 31.2 Å². The summed E-state index contributed by atoms with van der Waals surface area (Å²) in [5.74, 6) is 2.92. The van der Waals surface area contributed by atoms with E-state index >= 15 is 0 Å². The van der Waals surface area contributed by atoms with E-state index < -0.39 is 0 Å². The smallest absolute Gasteiger partial charge is 0.265 e. The fraction of sp³-hybridized carbons (Fsp3) is 0.708. The summed E-state index contributed by atoms with van der Waals surface area (Å²) < 4.78 is 11.0. The average Bonchev–Trinajstić information content (AvgIpc) is 2.95. The van der Waals surface area contributed by atoms with Crippen LogP contribution in [0.15, 0.2) is 18.2 Å². The average molecular weight is 401 g/mol. The number of hydrogen-bond acceptors (Lipinski definition) is 4. The van der Waals surface area contributed by atoms with E-state index in [-0.39, 0.29) is 12.5 Å². The Kier molecular flexibility index (Phi) is 6.33. The van der Waals surface area contributed by atoms with Crippen molar-refractivity contribution in [3.05, 3.63) is 18.2 Å². The molecule has 0 N–H and O–H groups in total. The number of fused-ring (bicyclic) bond motifs is 3. The van der Waals surface area contributed by atoms with Crippen LogP contribution in [0.5, 0.6) is 11.5 Å². The Morgan fingerprint density at radius 1 is 1.21 bits per heavy atom. The molecule has 2 fully saturated rings. The largest absolute Gasteiger partial charge is 0.497 e. The van der Waals surface area contributed by atoms with Crippen LogP contribution in [0.2, 0.25) is 0 Å². The number of anilines is 1. The number of methoxy groups -OCH3 is 1. The van der Waals surface area contributed by atoms with Crippen molar-refractivity contribution in [2.45, 2.75) is 70.9 Å². The van der Waals surface area contributed by atoms with E-state index in [4.69, 9.17) is 9.47 Å². The van der Waals surface area contributed by atoms with Gasteiger partial charge in [-0.25, -0.2) is 0 Å². The number of unbranched alkanes of at least 4 members (excludes halogenated alkanes) is 1. The zero-order chi connectivity index (χ0) is 20.4. The summed E-state index contributed by atoms with van der Waals surface area (Å²) in [6.07, 6.45) is 9.56. The normalized spacial score (nSPS) is 27.5. The molecule has 5 nitrogen and oxygen atoms in total. The first-order chi connectivity index (χ1) is 14.1. The van der Waals surface area contributed by atoms with Crippen LogP contribution in [0.1, 0.15) is 58.8 Å². The molecular formula is C24H36N2O3. The third-order valence-corrected chi connectivity index (χ3v) is 7.07. The third-order valence-electron chi connectivity index (χ3n) is 7.07. The summed E-state index contributed by atoms with van der Waals surface area (Å²) in [5.41, 5.74) is 0.841. The van der Waals surface area contributed by atoms with Crippen LogP contribution >= 0.6 is 0 Å². The molecule has 1 aromatic carbocycles. The summed E-state index contributed by atoms with van der Waals surface area (Å²) in [6.45, 7) is 6.52. The van der Waals surface area contributed by atoms with Gasteiger partial charge in [-0.2, -0.15) is 0 Å². The monoisotopic (exact) mass is 400 g/mol. The van der Waals surface area contributed by atoms with Gasteiger partial charge < -0.3 is 14.4 Å². The second kappa shape index (κ2) is 8.95. The number of amides is 1. The molecular weight excluding hydrogens is 364 g/mol. The molecule has 29 heavy (non-hydrogen) atoms. The van der Waals surface area contributed by atoms with Crippen LogP contribution in [0.4, 0.5) is 5.69 Å². The van der Waals surface area contributed by atoms with Gasteiger partial charge in [0.1, 0.15) is 11.5 Å². The van der Waals surface area contributed by atoms with E-state index in [0.29, 0.717) is 5.92 Å². The van der Waals surface area contributed by atoms with E-state index in [1.807, 2.05) is 23.1 Å². The number of carbonyl (C=O) groups is 1. The molecule has 1 amide bonds. The summed E-state index contributed by atoms with van der Waals surface area (Å²) in [7, 11) is 1.65. The van der Waals surface area contributed by atoms with Crippen molar-refractivity contribution in [1.29, 1.82) is 0 Å². The van der Waals surface area contributed by atoms with Gasteiger partial charge in [-0.1, -0.05) is 33.1 Å². The first-order valence-electron chi connectivity index (χ1n) is 11.5. The maximum atomic E-state index is 12.6. The van der Waals surface area contributed by atoms with Crippen LogP contribution in [-0.4, -0.2) is 49.7 Å². The fourth-order valence-electron chi connectivity index (χ4n) is 5.65. The number of rotatable bonds is 8. The van der Waals surface area contributed by atoms with E-state index in [1.54, 1.807) is 7.11 Å². The van der Waals surface area contributed by atoms with Crippen LogP contribution in [0, 0.1) is 11.8 Å². The van der Waals surface area contributed by atoms with Gasteiger partial charge in [0.25, 0.3) is 5.91 Å². The zero-order valence-electron chi connectivity index (χ0n) is 18.2. The number of benzene rings is 1. The van der Waals surface area contributed by atoms with Crippen LogP contribution < -0.4 is 14.4 Å². The van der Waals surface area contributed by atoms with E-state index in [0.717, 1.165) is 48.3 Å². The molecule has 2 saturated heterocycles. The third kappa shape index (κ3) is 4.40. The minimum atomic E-state index is 0.0406. The number of ether oxygens (including phenoxy) is 2. The minimum Gasteiger partial charge on any atom is -0.497 e. The Morgan fingerprint density at radius 2 is 1.97 bits per heavy atom. The maximum Gasteiger partial charge on any atom is 0.265 e. The Hall–Kier alpha value is -1.75. The fourth-order valence-corrected chi connectivity index (χ4v) is 5.65. The standard InChI is InChI=1S/C24H36N2O3/c1-4-5-6-18-11-19-7-8-20(12-18)25(19)14-17(2)15-26-22-13-21(28-3)9-10-23(22)29-16-24(26)27/h9-10,13,17-20H,4-8,11-12,14-16H2,1-3H3/t17-,18?,19?,20?/m1/s1. The molecule has 4 rings (SSSR count). The molecule has 3 aliphatic rings. The predicted octanol–water partition coefficient (Wildman–Crippen LogP) is 4.49. The summed E-state index contributed by atoms with van der Waals surface area (Å²) in [4.78, 5) is 17.3. The molecule has 0 aromatic heterocycles. The molecule has 3 aliphatic heterocycles. The number of carbonyl (C=O) groups excluding carboxylic acids is 1. The maximum absolute atomic E-state index is 12.6. The highest BCUT2D eigenvalue weighted by Gasteiger charge is 2.41. The Bertz CT molecular complexity index is 708. The number of piperidine rings is 1. The molecule has 3 atom stereocenters.